The molecule has 2 nitrogen and oxygen atoms in total. The van der Waals surface area contributed by atoms with E-state index >= 15 is 0 Å². The van der Waals surface area contributed by atoms with Crippen LogP contribution in [0.4, 0.5) is 5.69 Å². The molecule has 20 heavy (non-hydrogen) atoms. The highest BCUT2D eigenvalue weighted by atomic mass is 16.2. The lowest BCUT2D eigenvalue weighted by Crippen LogP contribution is -2.33. The lowest BCUT2D eigenvalue weighted by atomic mass is 10.0. The minimum atomic E-state index is 0.0772. The molecule has 0 spiro atoms. The predicted molar refractivity (Wildman–Crippen MR) is 82.0 cm³/mol. The van der Waals surface area contributed by atoms with Gasteiger partial charge in [0, 0.05) is 17.8 Å². The topological polar surface area (TPSA) is 20.3 Å². The average molecular weight is 263 g/mol. The van der Waals surface area contributed by atoms with E-state index < -0.39 is 0 Å². The van der Waals surface area contributed by atoms with Crippen LogP contribution in [0.15, 0.2) is 66.7 Å². The van der Waals surface area contributed by atoms with E-state index in [0.717, 1.165) is 30.6 Å². The van der Waals surface area contributed by atoms with Gasteiger partial charge in [-0.05, 0) is 36.6 Å². The van der Waals surface area contributed by atoms with Crippen molar-refractivity contribution in [3.05, 3.63) is 77.9 Å². The van der Waals surface area contributed by atoms with E-state index in [1.165, 1.54) is 5.56 Å². The molecule has 100 valence electrons. The summed E-state index contributed by atoms with van der Waals surface area (Å²) in [4.78, 5) is 14.6. The first-order valence-electron chi connectivity index (χ1n) is 6.96. The van der Waals surface area contributed by atoms with Gasteiger partial charge in [0.05, 0.1) is 0 Å². The first-order valence-corrected chi connectivity index (χ1v) is 6.96. The third kappa shape index (κ3) is 2.50. The van der Waals surface area contributed by atoms with Gasteiger partial charge in [0.1, 0.15) is 0 Å². The minimum absolute atomic E-state index is 0.0772. The second-order valence-electron chi connectivity index (χ2n) is 4.92. The maximum absolute atomic E-state index is 12.7. The molecule has 0 radical (unpaired) electrons. The fourth-order valence-electron chi connectivity index (χ4n) is 2.55. The molecular weight excluding hydrogens is 246 g/mol. The quantitative estimate of drug-likeness (QED) is 0.716. The molecule has 2 heteroatoms. The summed E-state index contributed by atoms with van der Waals surface area (Å²) in [5.41, 5.74) is 2.98. The number of anilines is 1. The summed E-state index contributed by atoms with van der Waals surface area (Å²) >= 11 is 0. The Hall–Kier alpha value is -2.35. The minimum Gasteiger partial charge on any atom is -0.308 e. The van der Waals surface area contributed by atoms with Crippen LogP contribution in [0.25, 0.3) is 0 Å². The molecule has 0 fully saturated rings. The van der Waals surface area contributed by atoms with Crippen LogP contribution in [0.2, 0.25) is 0 Å². The van der Waals surface area contributed by atoms with Crippen LogP contribution in [0.3, 0.4) is 0 Å². The van der Waals surface area contributed by atoms with Gasteiger partial charge < -0.3 is 4.90 Å². The van der Waals surface area contributed by atoms with Crippen LogP contribution >= 0.6 is 0 Å². The molecule has 0 saturated carbocycles. The summed E-state index contributed by atoms with van der Waals surface area (Å²) in [6, 6.07) is 17.6. The number of carbonyl (C=O) groups excluding carboxylic acids is 1. The van der Waals surface area contributed by atoms with Gasteiger partial charge in [-0.15, -0.1) is 0 Å². The molecule has 1 heterocycles. The number of nitrogens with zero attached hydrogens (tertiary/aromatic N) is 1. The smallest absolute Gasteiger partial charge is 0.258 e. The van der Waals surface area contributed by atoms with Crippen molar-refractivity contribution in [1.29, 1.82) is 0 Å². The van der Waals surface area contributed by atoms with E-state index in [0.29, 0.717) is 0 Å². The highest BCUT2D eigenvalue weighted by Gasteiger charge is 2.19. The van der Waals surface area contributed by atoms with Gasteiger partial charge in [-0.1, -0.05) is 48.6 Å². The average Bonchev–Trinajstić information content (AvgIpc) is 2.49. The number of benzene rings is 2. The summed E-state index contributed by atoms with van der Waals surface area (Å²) in [7, 11) is 0. The van der Waals surface area contributed by atoms with Gasteiger partial charge in [-0.3, -0.25) is 4.79 Å². The van der Waals surface area contributed by atoms with Crippen molar-refractivity contribution in [2.45, 2.75) is 12.8 Å². The third-order valence-corrected chi connectivity index (χ3v) is 3.57. The molecule has 1 aliphatic rings. The van der Waals surface area contributed by atoms with Gasteiger partial charge in [0.15, 0.2) is 0 Å². The van der Waals surface area contributed by atoms with E-state index in [2.05, 4.69) is 18.2 Å². The van der Waals surface area contributed by atoms with E-state index in [9.17, 15) is 4.79 Å². The Morgan fingerprint density at radius 1 is 0.900 bits per heavy atom. The lowest BCUT2D eigenvalue weighted by molar-refractivity contribution is 0.0987. The van der Waals surface area contributed by atoms with Crippen molar-refractivity contribution < 1.29 is 4.79 Å². The van der Waals surface area contributed by atoms with Gasteiger partial charge in [-0.25, -0.2) is 0 Å². The van der Waals surface area contributed by atoms with E-state index in [1.807, 2.05) is 53.4 Å². The molecule has 3 rings (SSSR count). The zero-order valence-electron chi connectivity index (χ0n) is 11.3. The second-order valence-corrected chi connectivity index (χ2v) is 4.92. The summed E-state index contributed by atoms with van der Waals surface area (Å²) in [5, 5.41) is 0. The molecule has 0 N–H and O–H groups in total. The van der Waals surface area contributed by atoms with Gasteiger partial charge in [-0.2, -0.15) is 0 Å². The first kappa shape index (κ1) is 12.7. The predicted octanol–water partition coefficient (Wildman–Crippen LogP) is 3.84. The van der Waals surface area contributed by atoms with Crippen LogP contribution in [0, 0.1) is 0 Å². The van der Waals surface area contributed by atoms with Crippen LogP contribution in [0.1, 0.15) is 22.3 Å². The highest BCUT2D eigenvalue weighted by Crippen LogP contribution is 2.25. The van der Waals surface area contributed by atoms with E-state index in [1.54, 1.807) is 0 Å². The largest absolute Gasteiger partial charge is 0.308 e. The Kier molecular flexibility index (Phi) is 3.64. The molecule has 0 bridgehead atoms. The Bertz CT molecular complexity index is 631. The van der Waals surface area contributed by atoms with Gasteiger partial charge in [0.2, 0.25) is 0 Å². The molecule has 0 aliphatic carbocycles. The standard InChI is InChI=1S/C18H17NO/c20-18(16-11-3-1-4-12-16)19-14-8-2-5-9-15-10-6-7-13-17(15)19/h1-7,10-13H,8-9,14H2. The maximum Gasteiger partial charge on any atom is 0.258 e. The number of allylic oxidation sites excluding steroid dienone is 1. The zero-order valence-corrected chi connectivity index (χ0v) is 11.3. The van der Waals surface area contributed by atoms with Crippen molar-refractivity contribution in [2.24, 2.45) is 0 Å². The summed E-state index contributed by atoms with van der Waals surface area (Å²) in [6.45, 7) is 0.723. The molecule has 0 atom stereocenters. The second kappa shape index (κ2) is 5.74. The fraction of sp³-hybridized carbons (Fsp3) is 0.167. The fourth-order valence-corrected chi connectivity index (χ4v) is 2.55. The molecule has 2 aromatic rings. The number of amides is 1. The van der Waals surface area contributed by atoms with Crippen LogP contribution in [-0.4, -0.2) is 12.5 Å². The number of para-hydroxylation sites is 1. The SMILES string of the molecule is O=C(c1ccccc1)N1CCC=CCc2ccccc21. The molecule has 1 aliphatic heterocycles. The Balaban J connectivity index is 2.00. The third-order valence-electron chi connectivity index (χ3n) is 3.57. The summed E-state index contributed by atoms with van der Waals surface area (Å²) in [6.07, 6.45) is 6.12. The Morgan fingerprint density at radius 3 is 2.50 bits per heavy atom. The molecule has 0 unspecified atom stereocenters. The first-order chi connectivity index (χ1) is 9.86. The van der Waals surface area contributed by atoms with Crippen molar-refractivity contribution in [1.82, 2.24) is 0 Å². The Labute approximate surface area is 119 Å². The summed E-state index contributed by atoms with van der Waals surface area (Å²) in [5.74, 6) is 0.0772. The van der Waals surface area contributed by atoms with Crippen molar-refractivity contribution in [3.63, 3.8) is 0 Å². The number of hydrogen-bond acceptors (Lipinski definition) is 1. The lowest BCUT2D eigenvalue weighted by Gasteiger charge is -2.26. The Morgan fingerprint density at radius 2 is 1.65 bits per heavy atom. The van der Waals surface area contributed by atoms with Crippen LogP contribution in [-0.2, 0) is 6.42 Å². The van der Waals surface area contributed by atoms with E-state index in [4.69, 9.17) is 0 Å². The van der Waals surface area contributed by atoms with Crippen molar-refractivity contribution in [3.8, 4) is 0 Å². The molecule has 1 amide bonds. The van der Waals surface area contributed by atoms with Crippen LogP contribution < -0.4 is 4.90 Å². The zero-order chi connectivity index (χ0) is 13.8. The van der Waals surface area contributed by atoms with E-state index in [-0.39, 0.29) is 5.91 Å². The highest BCUT2D eigenvalue weighted by molar-refractivity contribution is 6.06. The van der Waals surface area contributed by atoms with Gasteiger partial charge in [0.25, 0.3) is 5.91 Å². The molecule has 0 aromatic heterocycles. The number of hydrogen-bond donors (Lipinski definition) is 0. The van der Waals surface area contributed by atoms with Crippen molar-refractivity contribution in [2.75, 3.05) is 11.4 Å². The molecular formula is C18H17NO. The molecule has 0 saturated heterocycles. The number of rotatable bonds is 1. The molecule has 2 aromatic carbocycles. The maximum atomic E-state index is 12.7. The number of fused-ring (bicyclic) bond motifs is 1. The number of carbonyl (C=O) groups is 1. The van der Waals surface area contributed by atoms with Crippen LogP contribution in [0.5, 0.6) is 0 Å². The monoisotopic (exact) mass is 263 g/mol. The van der Waals surface area contributed by atoms with Gasteiger partial charge >= 0.3 is 0 Å². The normalized spacial score (nSPS) is 14.3. The summed E-state index contributed by atoms with van der Waals surface area (Å²) < 4.78 is 0. The van der Waals surface area contributed by atoms with Crippen molar-refractivity contribution >= 4 is 11.6 Å².